The fourth-order valence-electron chi connectivity index (χ4n) is 5.01. The SMILES string of the molecule is Cc1cc([C@@H](NC(=O)c2cc(Cn3ccn(C)c3=N)cc(N3CCOCC3C)c2)C2CC2)ccc1F. The zero-order valence-electron chi connectivity index (χ0n) is 21.1. The van der Waals surface area contributed by atoms with Crippen LogP contribution in [0.15, 0.2) is 48.8 Å². The molecular weight excluding hydrogens is 457 g/mol. The van der Waals surface area contributed by atoms with E-state index >= 15 is 0 Å². The zero-order valence-corrected chi connectivity index (χ0v) is 21.1. The fraction of sp³-hybridized carbons (Fsp3) is 0.429. The maximum absolute atomic E-state index is 13.9. The minimum atomic E-state index is -0.233. The molecule has 190 valence electrons. The van der Waals surface area contributed by atoms with Gasteiger partial charge in [0.2, 0.25) is 5.62 Å². The molecule has 2 atom stereocenters. The number of aryl methyl sites for hydroxylation is 2. The van der Waals surface area contributed by atoms with Gasteiger partial charge in [0.05, 0.1) is 25.8 Å². The summed E-state index contributed by atoms with van der Waals surface area (Å²) in [5, 5.41) is 11.6. The normalized spacial score (nSPS) is 18.8. The molecule has 1 saturated heterocycles. The lowest BCUT2D eigenvalue weighted by molar-refractivity contribution is 0.0931. The molecule has 1 saturated carbocycles. The molecule has 0 radical (unpaired) electrons. The van der Waals surface area contributed by atoms with Gasteiger partial charge in [0.15, 0.2) is 0 Å². The smallest absolute Gasteiger partial charge is 0.251 e. The van der Waals surface area contributed by atoms with Crippen LogP contribution in [0.5, 0.6) is 0 Å². The zero-order chi connectivity index (χ0) is 25.4. The number of imidazole rings is 1. The lowest BCUT2D eigenvalue weighted by atomic mass is 9.99. The Morgan fingerprint density at radius 1 is 1.22 bits per heavy atom. The molecule has 8 heteroatoms. The van der Waals surface area contributed by atoms with Crippen molar-refractivity contribution in [1.29, 1.82) is 5.41 Å². The number of morpholine rings is 1. The van der Waals surface area contributed by atoms with Crippen LogP contribution in [0, 0.1) is 24.1 Å². The summed E-state index contributed by atoms with van der Waals surface area (Å²) < 4.78 is 23.1. The first-order valence-electron chi connectivity index (χ1n) is 12.6. The van der Waals surface area contributed by atoms with Crippen molar-refractivity contribution in [2.24, 2.45) is 13.0 Å². The Morgan fingerprint density at radius 2 is 2.03 bits per heavy atom. The Bertz CT molecular complexity index is 1330. The Morgan fingerprint density at radius 3 is 2.69 bits per heavy atom. The summed E-state index contributed by atoms with van der Waals surface area (Å²) in [5.74, 6) is -0.00250. The van der Waals surface area contributed by atoms with Crippen LogP contribution in [0.25, 0.3) is 0 Å². The highest BCUT2D eigenvalue weighted by Gasteiger charge is 2.34. The second-order valence-corrected chi connectivity index (χ2v) is 10.2. The third-order valence-electron chi connectivity index (χ3n) is 7.29. The van der Waals surface area contributed by atoms with E-state index in [1.807, 2.05) is 42.2 Å². The predicted octanol–water partition coefficient (Wildman–Crippen LogP) is 3.91. The van der Waals surface area contributed by atoms with Crippen molar-refractivity contribution in [3.63, 3.8) is 0 Å². The summed E-state index contributed by atoms with van der Waals surface area (Å²) in [6, 6.07) is 11.2. The molecule has 5 rings (SSSR count). The molecule has 1 aliphatic heterocycles. The lowest BCUT2D eigenvalue weighted by Crippen LogP contribution is -2.43. The molecule has 0 bridgehead atoms. The van der Waals surface area contributed by atoms with E-state index in [1.54, 1.807) is 17.6 Å². The highest BCUT2D eigenvalue weighted by molar-refractivity contribution is 5.95. The third-order valence-corrected chi connectivity index (χ3v) is 7.29. The van der Waals surface area contributed by atoms with Crippen LogP contribution in [0.4, 0.5) is 10.1 Å². The van der Waals surface area contributed by atoms with E-state index in [9.17, 15) is 9.18 Å². The molecule has 2 heterocycles. The van der Waals surface area contributed by atoms with Crippen LogP contribution in [0.3, 0.4) is 0 Å². The maximum Gasteiger partial charge on any atom is 0.251 e. The second kappa shape index (κ2) is 9.93. The highest BCUT2D eigenvalue weighted by Crippen LogP contribution is 2.41. The number of rotatable bonds is 7. The Hall–Kier alpha value is -3.39. The number of ether oxygens (including phenoxy) is 1. The molecule has 2 aromatic carbocycles. The Labute approximate surface area is 211 Å². The van der Waals surface area contributed by atoms with Crippen LogP contribution in [0.2, 0.25) is 0 Å². The van der Waals surface area contributed by atoms with Crippen molar-refractivity contribution in [2.45, 2.75) is 45.3 Å². The van der Waals surface area contributed by atoms with Crippen molar-refractivity contribution in [2.75, 3.05) is 24.7 Å². The molecule has 7 nitrogen and oxygen atoms in total. The summed E-state index contributed by atoms with van der Waals surface area (Å²) >= 11 is 0. The van der Waals surface area contributed by atoms with E-state index < -0.39 is 0 Å². The van der Waals surface area contributed by atoms with Crippen LogP contribution < -0.4 is 15.8 Å². The van der Waals surface area contributed by atoms with Gasteiger partial charge in [-0.25, -0.2) is 4.39 Å². The number of carbonyl (C=O) groups excluding carboxylic acids is 1. The number of anilines is 1. The van der Waals surface area contributed by atoms with Gasteiger partial charge in [-0.2, -0.15) is 0 Å². The quantitative estimate of drug-likeness (QED) is 0.526. The van der Waals surface area contributed by atoms with Gasteiger partial charge in [-0.3, -0.25) is 10.2 Å². The Kier molecular flexibility index (Phi) is 6.71. The molecule has 2 N–H and O–H groups in total. The van der Waals surface area contributed by atoms with E-state index in [0.717, 1.165) is 36.2 Å². The third kappa shape index (κ3) is 5.09. The van der Waals surface area contributed by atoms with E-state index in [0.29, 0.717) is 42.4 Å². The topological polar surface area (TPSA) is 75.3 Å². The van der Waals surface area contributed by atoms with Gasteiger partial charge in [-0.05, 0) is 73.6 Å². The molecule has 1 amide bonds. The number of halogens is 1. The van der Waals surface area contributed by atoms with Crippen molar-refractivity contribution >= 4 is 11.6 Å². The monoisotopic (exact) mass is 491 g/mol. The fourth-order valence-corrected chi connectivity index (χ4v) is 5.01. The van der Waals surface area contributed by atoms with E-state index in [-0.39, 0.29) is 23.8 Å². The summed E-state index contributed by atoms with van der Waals surface area (Å²) in [7, 11) is 1.85. The van der Waals surface area contributed by atoms with Gasteiger partial charge in [0, 0.05) is 43.3 Å². The summed E-state index contributed by atoms with van der Waals surface area (Å²) in [5.41, 5.74) is 4.46. The number of nitrogens with one attached hydrogen (secondary N) is 2. The van der Waals surface area contributed by atoms with Gasteiger partial charge in [-0.1, -0.05) is 12.1 Å². The number of nitrogens with zero attached hydrogens (tertiary/aromatic N) is 3. The van der Waals surface area contributed by atoms with Gasteiger partial charge < -0.3 is 24.1 Å². The first-order chi connectivity index (χ1) is 17.3. The number of carbonyl (C=O) groups is 1. The molecule has 1 aliphatic carbocycles. The molecule has 1 aromatic heterocycles. The van der Waals surface area contributed by atoms with Crippen molar-refractivity contribution < 1.29 is 13.9 Å². The number of benzene rings is 2. The van der Waals surface area contributed by atoms with Gasteiger partial charge >= 0.3 is 0 Å². The van der Waals surface area contributed by atoms with Gasteiger partial charge in [-0.15, -0.1) is 0 Å². The number of aromatic nitrogens is 2. The number of amides is 1. The minimum Gasteiger partial charge on any atom is -0.377 e. The molecule has 2 aliphatic rings. The first-order valence-corrected chi connectivity index (χ1v) is 12.6. The molecule has 0 spiro atoms. The van der Waals surface area contributed by atoms with Crippen LogP contribution in [-0.2, 0) is 18.3 Å². The lowest BCUT2D eigenvalue weighted by Gasteiger charge is -2.35. The first kappa shape index (κ1) is 24.3. The van der Waals surface area contributed by atoms with E-state index in [4.69, 9.17) is 10.1 Å². The van der Waals surface area contributed by atoms with Crippen LogP contribution >= 0.6 is 0 Å². The summed E-state index contributed by atoms with van der Waals surface area (Å²) in [6.45, 7) is 6.42. The minimum absolute atomic E-state index is 0.137. The van der Waals surface area contributed by atoms with Crippen LogP contribution in [0.1, 0.15) is 52.9 Å². The summed E-state index contributed by atoms with van der Waals surface area (Å²) in [4.78, 5) is 15.9. The number of hydrogen-bond donors (Lipinski definition) is 2. The van der Waals surface area contributed by atoms with Gasteiger partial charge in [0.25, 0.3) is 5.91 Å². The predicted molar refractivity (Wildman–Crippen MR) is 136 cm³/mol. The average molecular weight is 492 g/mol. The van der Waals surface area contributed by atoms with Crippen molar-refractivity contribution in [1.82, 2.24) is 14.5 Å². The molecule has 36 heavy (non-hydrogen) atoms. The van der Waals surface area contributed by atoms with Crippen molar-refractivity contribution in [3.05, 3.63) is 82.5 Å². The largest absolute Gasteiger partial charge is 0.377 e. The Balaban J connectivity index is 1.47. The van der Waals surface area contributed by atoms with E-state index in [2.05, 4.69) is 23.2 Å². The highest BCUT2D eigenvalue weighted by atomic mass is 19.1. The maximum atomic E-state index is 13.9. The van der Waals surface area contributed by atoms with Gasteiger partial charge in [0.1, 0.15) is 5.82 Å². The molecule has 3 aromatic rings. The van der Waals surface area contributed by atoms with Crippen LogP contribution in [-0.4, -0.2) is 40.8 Å². The molecule has 1 unspecified atom stereocenters. The molecule has 2 fully saturated rings. The summed E-state index contributed by atoms with van der Waals surface area (Å²) in [6.07, 6.45) is 5.84. The number of hydrogen-bond acceptors (Lipinski definition) is 4. The molecular formula is C28H34FN5O2. The van der Waals surface area contributed by atoms with E-state index in [1.165, 1.54) is 6.07 Å². The van der Waals surface area contributed by atoms with Crippen molar-refractivity contribution in [3.8, 4) is 0 Å². The average Bonchev–Trinajstić information content (AvgIpc) is 3.66. The second-order valence-electron chi connectivity index (χ2n) is 10.2. The standard InChI is InChI=1S/C28H34FN5O2/c1-18-12-22(6-7-25(18)29)26(21-4-5-21)31-27(35)23-13-20(16-33-9-8-32(3)28(33)30)14-24(15-23)34-10-11-36-17-19(34)2/h6-9,12-15,19,21,26,30H,4-5,10-11,16-17H2,1-3H3,(H,31,35)/t19?,26-/m0/s1.